The maximum atomic E-state index is 11.7. The van der Waals surface area contributed by atoms with Crippen molar-refractivity contribution in [1.82, 2.24) is 16.0 Å². The molecule has 5 nitrogen and oxygen atoms in total. The van der Waals surface area contributed by atoms with Gasteiger partial charge in [0.25, 0.3) is 0 Å². The van der Waals surface area contributed by atoms with Crippen molar-refractivity contribution in [2.24, 2.45) is 10.9 Å². The van der Waals surface area contributed by atoms with Gasteiger partial charge >= 0.3 is 0 Å². The predicted octanol–water partition coefficient (Wildman–Crippen LogP) is 2.70. The van der Waals surface area contributed by atoms with E-state index in [1.54, 1.807) is 7.05 Å². The lowest BCUT2D eigenvalue weighted by Gasteiger charge is -2.20. The molecule has 0 aromatic heterocycles. The molecule has 2 aromatic rings. The second kappa shape index (κ2) is 10.5. The van der Waals surface area contributed by atoms with E-state index in [0.29, 0.717) is 19.0 Å². The third-order valence-electron chi connectivity index (χ3n) is 5.00. The molecule has 1 aliphatic rings. The largest absolute Gasteiger partial charge is 0.356 e. The number of nitrogens with one attached hydrogen (secondary N) is 3. The van der Waals surface area contributed by atoms with Crippen LogP contribution in [0.2, 0.25) is 0 Å². The summed E-state index contributed by atoms with van der Waals surface area (Å²) >= 11 is 0. The molecule has 1 saturated carbocycles. The van der Waals surface area contributed by atoms with Gasteiger partial charge in [0.1, 0.15) is 0 Å². The quantitative estimate of drug-likeness (QED) is 0.357. The average Bonchev–Trinajstić information content (AvgIpc) is 3.59. The topological polar surface area (TPSA) is 65.5 Å². The molecule has 0 bridgehead atoms. The Hall–Kier alpha value is -2.82. The Balaban J connectivity index is 1.50. The zero-order valence-electron chi connectivity index (χ0n) is 16.5. The van der Waals surface area contributed by atoms with Gasteiger partial charge in [-0.3, -0.25) is 9.79 Å². The van der Waals surface area contributed by atoms with Crippen molar-refractivity contribution in [3.63, 3.8) is 0 Å². The number of nitrogens with zero attached hydrogens (tertiary/aromatic N) is 1. The first-order valence-electron chi connectivity index (χ1n) is 10.1. The standard InChI is InChI=1S/C23H30N4O/c1-24-23(26-15-14-25-22(28)20-12-13-20)27-17-21(19-10-6-3-7-11-19)16-18-8-4-2-5-9-18/h2-11,20-21H,12-17H2,1H3,(H,25,28)(H2,24,26,27). The average molecular weight is 379 g/mol. The summed E-state index contributed by atoms with van der Waals surface area (Å²) in [7, 11) is 1.77. The fraction of sp³-hybridized carbons (Fsp3) is 0.391. The second-order valence-electron chi connectivity index (χ2n) is 7.24. The Labute approximate surface area is 167 Å². The van der Waals surface area contributed by atoms with Gasteiger partial charge in [0.15, 0.2) is 5.96 Å². The summed E-state index contributed by atoms with van der Waals surface area (Å²) in [5.41, 5.74) is 2.63. The summed E-state index contributed by atoms with van der Waals surface area (Å²) in [6, 6.07) is 21.1. The Kier molecular flexibility index (Phi) is 7.47. The van der Waals surface area contributed by atoms with Crippen molar-refractivity contribution in [3.05, 3.63) is 71.8 Å². The molecule has 1 fully saturated rings. The molecule has 3 N–H and O–H groups in total. The molecule has 1 atom stereocenters. The van der Waals surface area contributed by atoms with Crippen LogP contribution in [0.1, 0.15) is 29.9 Å². The smallest absolute Gasteiger partial charge is 0.223 e. The van der Waals surface area contributed by atoms with Gasteiger partial charge in [-0.1, -0.05) is 60.7 Å². The van der Waals surface area contributed by atoms with Gasteiger partial charge in [0, 0.05) is 38.5 Å². The van der Waals surface area contributed by atoms with Gasteiger partial charge in [-0.25, -0.2) is 0 Å². The number of carbonyl (C=O) groups is 1. The van der Waals surface area contributed by atoms with Crippen LogP contribution in [0.3, 0.4) is 0 Å². The van der Waals surface area contributed by atoms with E-state index in [9.17, 15) is 4.79 Å². The molecule has 0 aliphatic heterocycles. The summed E-state index contributed by atoms with van der Waals surface area (Å²) < 4.78 is 0. The van der Waals surface area contributed by atoms with Crippen LogP contribution in [-0.4, -0.2) is 38.5 Å². The Bertz CT molecular complexity index is 757. The molecule has 1 unspecified atom stereocenters. The van der Waals surface area contributed by atoms with Crippen molar-refractivity contribution in [3.8, 4) is 0 Å². The molecule has 1 amide bonds. The van der Waals surface area contributed by atoms with Gasteiger partial charge in [-0.2, -0.15) is 0 Å². The molecule has 3 rings (SSSR count). The molecular formula is C23H30N4O. The summed E-state index contributed by atoms with van der Waals surface area (Å²) in [4.78, 5) is 16.0. The van der Waals surface area contributed by atoms with Crippen LogP contribution >= 0.6 is 0 Å². The predicted molar refractivity (Wildman–Crippen MR) is 114 cm³/mol. The zero-order valence-corrected chi connectivity index (χ0v) is 16.5. The Morgan fingerprint density at radius 1 is 0.964 bits per heavy atom. The molecule has 148 valence electrons. The number of guanidine groups is 1. The van der Waals surface area contributed by atoms with Crippen molar-refractivity contribution < 1.29 is 4.79 Å². The minimum Gasteiger partial charge on any atom is -0.356 e. The molecule has 1 aliphatic carbocycles. The van der Waals surface area contributed by atoms with E-state index in [4.69, 9.17) is 0 Å². The highest BCUT2D eigenvalue weighted by Crippen LogP contribution is 2.28. The number of carbonyl (C=O) groups excluding carboxylic acids is 1. The van der Waals surface area contributed by atoms with Gasteiger partial charge in [-0.15, -0.1) is 0 Å². The van der Waals surface area contributed by atoms with Crippen LogP contribution in [0, 0.1) is 5.92 Å². The Morgan fingerprint density at radius 3 is 2.25 bits per heavy atom. The highest BCUT2D eigenvalue weighted by Gasteiger charge is 2.28. The fourth-order valence-corrected chi connectivity index (χ4v) is 3.23. The lowest BCUT2D eigenvalue weighted by atomic mass is 9.92. The fourth-order valence-electron chi connectivity index (χ4n) is 3.23. The van der Waals surface area contributed by atoms with Crippen LogP contribution in [0.4, 0.5) is 0 Å². The van der Waals surface area contributed by atoms with Crippen LogP contribution in [0.15, 0.2) is 65.7 Å². The first-order valence-corrected chi connectivity index (χ1v) is 10.1. The maximum absolute atomic E-state index is 11.7. The van der Waals surface area contributed by atoms with Crippen molar-refractivity contribution in [2.75, 3.05) is 26.7 Å². The molecule has 0 radical (unpaired) electrons. The summed E-state index contributed by atoms with van der Waals surface area (Å²) in [5.74, 6) is 1.53. The van der Waals surface area contributed by atoms with Crippen molar-refractivity contribution in [1.29, 1.82) is 0 Å². The minimum atomic E-state index is 0.178. The number of aliphatic imine (C=N–C) groups is 1. The number of hydrogen-bond donors (Lipinski definition) is 3. The molecule has 28 heavy (non-hydrogen) atoms. The third kappa shape index (κ3) is 6.41. The molecular weight excluding hydrogens is 348 g/mol. The monoisotopic (exact) mass is 378 g/mol. The molecule has 5 heteroatoms. The zero-order chi connectivity index (χ0) is 19.6. The lowest BCUT2D eigenvalue weighted by Crippen LogP contribution is -2.43. The van der Waals surface area contributed by atoms with Crippen LogP contribution in [0.25, 0.3) is 0 Å². The molecule has 0 heterocycles. The van der Waals surface area contributed by atoms with Crippen molar-refractivity contribution in [2.45, 2.75) is 25.2 Å². The van der Waals surface area contributed by atoms with Gasteiger partial charge in [-0.05, 0) is 30.4 Å². The van der Waals surface area contributed by atoms with E-state index in [-0.39, 0.29) is 11.8 Å². The number of hydrogen-bond acceptors (Lipinski definition) is 2. The lowest BCUT2D eigenvalue weighted by molar-refractivity contribution is -0.122. The first kappa shape index (κ1) is 19.9. The SMILES string of the molecule is CN=C(NCCNC(=O)C1CC1)NCC(Cc1ccccc1)c1ccccc1. The first-order chi connectivity index (χ1) is 13.8. The number of rotatable bonds is 9. The van der Waals surface area contributed by atoms with Crippen LogP contribution in [0.5, 0.6) is 0 Å². The van der Waals surface area contributed by atoms with Gasteiger partial charge < -0.3 is 16.0 Å². The highest BCUT2D eigenvalue weighted by molar-refractivity contribution is 5.81. The molecule has 2 aromatic carbocycles. The van der Waals surface area contributed by atoms with E-state index in [1.165, 1.54) is 11.1 Å². The molecule has 0 saturated heterocycles. The Morgan fingerprint density at radius 2 is 1.61 bits per heavy atom. The van der Waals surface area contributed by atoms with Gasteiger partial charge in [0.2, 0.25) is 5.91 Å². The second-order valence-corrected chi connectivity index (χ2v) is 7.24. The van der Waals surface area contributed by atoms with Crippen LogP contribution in [-0.2, 0) is 11.2 Å². The summed E-state index contributed by atoms with van der Waals surface area (Å²) in [6.45, 7) is 2.06. The van der Waals surface area contributed by atoms with E-state index < -0.39 is 0 Å². The number of benzene rings is 2. The normalized spacial score (nSPS) is 15.0. The maximum Gasteiger partial charge on any atom is 0.223 e. The van der Waals surface area contributed by atoms with E-state index >= 15 is 0 Å². The highest BCUT2D eigenvalue weighted by atomic mass is 16.2. The minimum absolute atomic E-state index is 0.178. The summed E-state index contributed by atoms with van der Waals surface area (Å²) in [6.07, 6.45) is 3.03. The van der Waals surface area contributed by atoms with E-state index in [2.05, 4.69) is 69.5 Å². The summed E-state index contributed by atoms with van der Waals surface area (Å²) in [5, 5.41) is 9.68. The molecule has 0 spiro atoms. The third-order valence-corrected chi connectivity index (χ3v) is 5.00. The van der Waals surface area contributed by atoms with Crippen molar-refractivity contribution >= 4 is 11.9 Å². The number of amides is 1. The van der Waals surface area contributed by atoms with Gasteiger partial charge in [0.05, 0.1) is 0 Å². The van der Waals surface area contributed by atoms with Crippen LogP contribution < -0.4 is 16.0 Å². The van der Waals surface area contributed by atoms with E-state index in [1.807, 2.05) is 12.1 Å². The van der Waals surface area contributed by atoms with E-state index in [0.717, 1.165) is 31.8 Å².